The third kappa shape index (κ3) is 1.79. The van der Waals surface area contributed by atoms with Gasteiger partial charge in [0.1, 0.15) is 0 Å². The first kappa shape index (κ1) is 8.85. The van der Waals surface area contributed by atoms with Crippen LogP contribution in [0.4, 0.5) is 0 Å². The lowest BCUT2D eigenvalue weighted by atomic mass is 10.2. The predicted molar refractivity (Wildman–Crippen MR) is 55.5 cm³/mol. The lowest BCUT2D eigenvalue weighted by molar-refractivity contribution is 0.564. The second kappa shape index (κ2) is 3.56. The van der Waals surface area contributed by atoms with Gasteiger partial charge in [-0.1, -0.05) is 0 Å². The Balaban J connectivity index is 2.28. The Bertz CT molecular complexity index is 377. The van der Waals surface area contributed by atoms with Crippen molar-refractivity contribution in [3.63, 3.8) is 0 Å². The highest BCUT2D eigenvalue weighted by Crippen LogP contribution is 2.33. The van der Waals surface area contributed by atoms with Gasteiger partial charge in [-0.15, -0.1) is 22.9 Å². The Hall–Kier alpha value is -0.730. The Morgan fingerprint density at radius 2 is 2.23 bits per heavy atom. The van der Waals surface area contributed by atoms with E-state index in [1.807, 2.05) is 6.07 Å². The molecular formula is C10H9ClOS. The maximum Gasteiger partial charge on any atom is 0.0958 e. The van der Waals surface area contributed by atoms with Gasteiger partial charge in [0.25, 0.3) is 0 Å². The quantitative estimate of drug-likeness (QED) is 0.687. The molecule has 2 aromatic heterocycles. The zero-order chi connectivity index (χ0) is 9.26. The molecule has 0 aliphatic rings. The summed E-state index contributed by atoms with van der Waals surface area (Å²) in [6.45, 7) is 2.08. The second-order valence-corrected chi connectivity index (χ2v) is 4.62. The first-order chi connectivity index (χ1) is 6.27. The number of furan rings is 1. The summed E-state index contributed by atoms with van der Waals surface area (Å²) in [5, 5.41) is -0.0718. The minimum Gasteiger partial charge on any atom is -0.472 e. The van der Waals surface area contributed by atoms with E-state index in [0.29, 0.717) is 0 Å². The van der Waals surface area contributed by atoms with Crippen LogP contribution in [0.5, 0.6) is 0 Å². The Morgan fingerprint density at radius 3 is 2.77 bits per heavy atom. The SMILES string of the molecule is Cc1ccc(C(Cl)c2ccoc2)s1. The molecule has 1 atom stereocenters. The summed E-state index contributed by atoms with van der Waals surface area (Å²) in [7, 11) is 0. The van der Waals surface area contributed by atoms with Gasteiger partial charge >= 0.3 is 0 Å². The zero-order valence-corrected chi connectivity index (χ0v) is 8.73. The summed E-state index contributed by atoms with van der Waals surface area (Å²) < 4.78 is 4.98. The van der Waals surface area contributed by atoms with E-state index in [1.165, 1.54) is 9.75 Å². The van der Waals surface area contributed by atoms with Crippen molar-refractivity contribution in [1.82, 2.24) is 0 Å². The average molecular weight is 213 g/mol. The highest BCUT2D eigenvalue weighted by Gasteiger charge is 2.13. The molecule has 1 nitrogen and oxygen atoms in total. The molecular weight excluding hydrogens is 204 g/mol. The van der Waals surface area contributed by atoms with Crippen molar-refractivity contribution in [2.45, 2.75) is 12.3 Å². The van der Waals surface area contributed by atoms with Crippen LogP contribution in [0.1, 0.15) is 20.7 Å². The van der Waals surface area contributed by atoms with Gasteiger partial charge in [0.15, 0.2) is 0 Å². The molecule has 1 unspecified atom stereocenters. The van der Waals surface area contributed by atoms with Crippen LogP contribution >= 0.6 is 22.9 Å². The first-order valence-electron chi connectivity index (χ1n) is 4.00. The van der Waals surface area contributed by atoms with Crippen molar-refractivity contribution in [2.24, 2.45) is 0 Å². The number of halogens is 1. The molecule has 0 aliphatic heterocycles. The van der Waals surface area contributed by atoms with Crippen molar-refractivity contribution < 1.29 is 4.42 Å². The highest BCUT2D eigenvalue weighted by molar-refractivity contribution is 7.12. The molecule has 0 fully saturated rings. The Morgan fingerprint density at radius 1 is 1.38 bits per heavy atom. The number of hydrogen-bond donors (Lipinski definition) is 0. The molecule has 0 amide bonds. The molecule has 0 bridgehead atoms. The molecule has 2 aromatic rings. The third-order valence-electron chi connectivity index (χ3n) is 1.85. The lowest BCUT2D eigenvalue weighted by Crippen LogP contribution is -1.85. The van der Waals surface area contributed by atoms with Crippen LogP contribution in [0.2, 0.25) is 0 Å². The first-order valence-corrected chi connectivity index (χ1v) is 5.25. The monoisotopic (exact) mass is 212 g/mol. The standard InChI is InChI=1S/C10H9ClOS/c1-7-2-3-9(13-7)10(11)8-4-5-12-6-8/h2-6,10H,1H3. The number of hydrogen-bond acceptors (Lipinski definition) is 2. The average Bonchev–Trinajstić information content (AvgIpc) is 2.72. The maximum atomic E-state index is 6.24. The third-order valence-corrected chi connectivity index (χ3v) is 3.53. The molecule has 3 heteroatoms. The molecule has 2 heterocycles. The molecule has 0 aliphatic carbocycles. The van der Waals surface area contributed by atoms with Crippen molar-refractivity contribution in [1.29, 1.82) is 0 Å². The number of alkyl halides is 1. The summed E-state index contributed by atoms with van der Waals surface area (Å²) in [5.74, 6) is 0. The van der Waals surface area contributed by atoms with Crippen molar-refractivity contribution >= 4 is 22.9 Å². The van der Waals surface area contributed by atoms with Gasteiger partial charge in [0.2, 0.25) is 0 Å². The fourth-order valence-corrected chi connectivity index (χ4v) is 2.39. The minimum absolute atomic E-state index is 0.0718. The van der Waals surface area contributed by atoms with Crippen molar-refractivity contribution in [3.8, 4) is 0 Å². The van der Waals surface area contributed by atoms with Gasteiger partial charge in [-0.2, -0.15) is 0 Å². The van der Waals surface area contributed by atoms with E-state index >= 15 is 0 Å². The smallest absolute Gasteiger partial charge is 0.0958 e. The molecule has 68 valence electrons. The molecule has 0 spiro atoms. The maximum absolute atomic E-state index is 6.24. The van der Waals surface area contributed by atoms with Gasteiger partial charge in [0, 0.05) is 15.3 Å². The zero-order valence-electron chi connectivity index (χ0n) is 7.16. The predicted octanol–water partition coefficient (Wildman–Crippen LogP) is 3.98. The molecule has 2 rings (SSSR count). The highest BCUT2D eigenvalue weighted by atomic mass is 35.5. The van der Waals surface area contributed by atoms with E-state index in [2.05, 4.69) is 19.1 Å². The molecule has 0 saturated carbocycles. The minimum atomic E-state index is -0.0718. The molecule has 0 radical (unpaired) electrons. The molecule has 0 aromatic carbocycles. The molecule has 0 saturated heterocycles. The fourth-order valence-electron chi connectivity index (χ4n) is 1.17. The Labute approximate surface area is 86.0 Å². The van der Waals surface area contributed by atoms with Crippen LogP contribution in [0, 0.1) is 6.92 Å². The van der Waals surface area contributed by atoms with E-state index in [-0.39, 0.29) is 5.38 Å². The van der Waals surface area contributed by atoms with Gasteiger partial charge in [-0.05, 0) is 25.1 Å². The van der Waals surface area contributed by atoms with Crippen LogP contribution in [0.15, 0.2) is 35.1 Å². The van der Waals surface area contributed by atoms with Crippen LogP contribution in [-0.4, -0.2) is 0 Å². The van der Waals surface area contributed by atoms with Gasteiger partial charge in [-0.3, -0.25) is 0 Å². The largest absolute Gasteiger partial charge is 0.472 e. The second-order valence-electron chi connectivity index (χ2n) is 2.87. The summed E-state index contributed by atoms with van der Waals surface area (Å²) >= 11 is 7.96. The molecule has 13 heavy (non-hydrogen) atoms. The molecule has 0 N–H and O–H groups in total. The Kier molecular flexibility index (Phi) is 2.42. The van der Waals surface area contributed by atoms with Gasteiger partial charge < -0.3 is 4.42 Å². The normalized spacial score (nSPS) is 13.1. The van der Waals surface area contributed by atoms with E-state index < -0.39 is 0 Å². The summed E-state index contributed by atoms with van der Waals surface area (Å²) in [4.78, 5) is 2.45. The van der Waals surface area contributed by atoms with E-state index in [1.54, 1.807) is 23.9 Å². The summed E-state index contributed by atoms with van der Waals surface area (Å²) in [5.41, 5.74) is 1.02. The number of aryl methyl sites for hydroxylation is 1. The van der Waals surface area contributed by atoms with E-state index in [9.17, 15) is 0 Å². The van der Waals surface area contributed by atoms with Gasteiger partial charge in [-0.25, -0.2) is 0 Å². The van der Waals surface area contributed by atoms with Crippen LogP contribution in [-0.2, 0) is 0 Å². The van der Waals surface area contributed by atoms with Crippen LogP contribution in [0.3, 0.4) is 0 Å². The topological polar surface area (TPSA) is 13.1 Å². The van der Waals surface area contributed by atoms with Crippen LogP contribution in [0.25, 0.3) is 0 Å². The van der Waals surface area contributed by atoms with Crippen LogP contribution < -0.4 is 0 Å². The number of rotatable bonds is 2. The summed E-state index contributed by atoms with van der Waals surface area (Å²) in [6.07, 6.45) is 3.33. The summed E-state index contributed by atoms with van der Waals surface area (Å²) in [6, 6.07) is 6.03. The van der Waals surface area contributed by atoms with E-state index in [0.717, 1.165) is 5.56 Å². The fraction of sp³-hybridized carbons (Fsp3) is 0.200. The van der Waals surface area contributed by atoms with Gasteiger partial charge in [0.05, 0.1) is 17.9 Å². The van der Waals surface area contributed by atoms with E-state index in [4.69, 9.17) is 16.0 Å². The van der Waals surface area contributed by atoms with Crippen molar-refractivity contribution in [2.75, 3.05) is 0 Å². The lowest BCUT2D eigenvalue weighted by Gasteiger charge is -2.02. The van der Waals surface area contributed by atoms with Crippen molar-refractivity contribution in [3.05, 3.63) is 46.0 Å². The number of thiophene rings is 1.